The summed E-state index contributed by atoms with van der Waals surface area (Å²) in [5.74, 6) is -0.629. The summed E-state index contributed by atoms with van der Waals surface area (Å²) < 4.78 is 18.5. The van der Waals surface area contributed by atoms with E-state index in [1.807, 2.05) is 0 Å². The molecule has 27 heavy (non-hydrogen) atoms. The van der Waals surface area contributed by atoms with E-state index in [4.69, 9.17) is 16.3 Å². The number of halogens is 2. The zero-order valence-corrected chi connectivity index (χ0v) is 15.1. The molecule has 7 nitrogen and oxygen atoms in total. The molecule has 0 saturated heterocycles. The minimum atomic E-state index is -0.523. The molecule has 1 amide bonds. The van der Waals surface area contributed by atoms with Gasteiger partial charge in [-0.05, 0) is 30.3 Å². The van der Waals surface area contributed by atoms with Crippen LogP contribution >= 0.6 is 22.9 Å². The van der Waals surface area contributed by atoms with Crippen LogP contribution in [0.2, 0.25) is 5.02 Å². The number of hydrogen-bond donors (Lipinski definition) is 1. The number of carbonyl (C=O) groups is 1. The molecule has 0 fully saturated rings. The lowest BCUT2D eigenvalue weighted by molar-refractivity contribution is -0.384. The normalized spacial score (nSPS) is 10.4. The van der Waals surface area contributed by atoms with Gasteiger partial charge in [0.05, 0.1) is 15.6 Å². The maximum Gasteiger partial charge on any atom is 0.269 e. The molecule has 0 atom stereocenters. The summed E-state index contributed by atoms with van der Waals surface area (Å²) in [5, 5.41) is 15.2. The Hall–Kier alpha value is -3.04. The van der Waals surface area contributed by atoms with Gasteiger partial charge in [0, 0.05) is 23.1 Å². The van der Waals surface area contributed by atoms with Gasteiger partial charge in [0.2, 0.25) is 0 Å². The number of amides is 1. The summed E-state index contributed by atoms with van der Waals surface area (Å²) in [5.41, 5.74) is 1.11. The van der Waals surface area contributed by atoms with Gasteiger partial charge < -0.3 is 4.74 Å². The number of nitrogens with one attached hydrogen (secondary N) is 1. The van der Waals surface area contributed by atoms with Crippen LogP contribution in [-0.4, -0.2) is 22.4 Å². The van der Waals surface area contributed by atoms with E-state index in [-0.39, 0.29) is 17.3 Å². The third-order valence-electron chi connectivity index (χ3n) is 3.38. The molecule has 0 spiro atoms. The van der Waals surface area contributed by atoms with E-state index >= 15 is 0 Å². The number of hydrogen-bond acceptors (Lipinski definition) is 6. The molecule has 0 radical (unpaired) electrons. The van der Waals surface area contributed by atoms with Crippen LogP contribution in [-0.2, 0) is 4.79 Å². The monoisotopic (exact) mass is 407 g/mol. The average Bonchev–Trinajstić information content (AvgIpc) is 3.11. The van der Waals surface area contributed by atoms with Crippen molar-refractivity contribution in [2.24, 2.45) is 0 Å². The van der Waals surface area contributed by atoms with E-state index < -0.39 is 16.6 Å². The maximum atomic E-state index is 13.2. The van der Waals surface area contributed by atoms with Crippen LogP contribution < -0.4 is 10.1 Å². The molecule has 0 unspecified atom stereocenters. The first-order valence-corrected chi connectivity index (χ1v) is 8.76. The van der Waals surface area contributed by atoms with E-state index in [1.165, 1.54) is 47.7 Å². The highest BCUT2D eigenvalue weighted by Crippen LogP contribution is 2.28. The largest absolute Gasteiger partial charge is 0.484 e. The second-order valence-electron chi connectivity index (χ2n) is 5.25. The van der Waals surface area contributed by atoms with Gasteiger partial charge in [-0.15, -0.1) is 11.3 Å². The smallest absolute Gasteiger partial charge is 0.269 e. The minimum absolute atomic E-state index is 0.0115. The molecule has 138 valence electrons. The zero-order chi connectivity index (χ0) is 19.4. The third kappa shape index (κ3) is 4.78. The van der Waals surface area contributed by atoms with Gasteiger partial charge in [0.1, 0.15) is 11.6 Å². The predicted octanol–water partition coefficient (Wildman–Crippen LogP) is 4.53. The molecule has 0 saturated carbocycles. The molecule has 2 aromatic carbocycles. The van der Waals surface area contributed by atoms with E-state index in [1.54, 1.807) is 11.4 Å². The SMILES string of the molecule is O=C(COc1ccc([N+](=O)[O-])cc1)Nc1nc(-c2ccc(F)c(Cl)c2)cs1. The van der Waals surface area contributed by atoms with E-state index in [0.717, 1.165) is 0 Å². The van der Waals surface area contributed by atoms with E-state index in [2.05, 4.69) is 10.3 Å². The average molecular weight is 408 g/mol. The second kappa shape index (κ2) is 8.11. The molecule has 1 N–H and O–H groups in total. The van der Waals surface area contributed by atoms with Crippen molar-refractivity contribution in [2.75, 3.05) is 11.9 Å². The highest BCUT2D eigenvalue weighted by Gasteiger charge is 2.11. The molecule has 0 aliphatic carbocycles. The fourth-order valence-corrected chi connectivity index (χ4v) is 3.00. The molecular weight excluding hydrogens is 397 g/mol. The molecule has 0 bridgehead atoms. The Balaban J connectivity index is 1.57. The summed E-state index contributed by atoms with van der Waals surface area (Å²) in [6.45, 7) is -0.283. The number of aromatic nitrogens is 1. The number of anilines is 1. The quantitative estimate of drug-likeness (QED) is 0.478. The van der Waals surface area contributed by atoms with Gasteiger partial charge in [0.15, 0.2) is 11.7 Å². The van der Waals surface area contributed by atoms with Gasteiger partial charge in [-0.25, -0.2) is 9.37 Å². The summed E-state index contributed by atoms with van der Waals surface area (Å²) >= 11 is 6.96. The molecule has 3 rings (SSSR count). The predicted molar refractivity (Wildman–Crippen MR) is 99.7 cm³/mol. The van der Waals surface area contributed by atoms with Crippen LogP contribution in [0.15, 0.2) is 47.8 Å². The number of benzene rings is 2. The first kappa shape index (κ1) is 18.7. The number of carbonyl (C=O) groups excluding carboxylic acids is 1. The third-order valence-corrected chi connectivity index (χ3v) is 4.43. The fourth-order valence-electron chi connectivity index (χ4n) is 2.09. The van der Waals surface area contributed by atoms with Crippen LogP contribution in [0.4, 0.5) is 15.2 Å². The number of rotatable bonds is 6. The van der Waals surface area contributed by atoms with Crippen molar-refractivity contribution in [3.8, 4) is 17.0 Å². The van der Waals surface area contributed by atoms with Crippen molar-refractivity contribution in [3.63, 3.8) is 0 Å². The molecule has 1 heterocycles. The first-order valence-electron chi connectivity index (χ1n) is 7.50. The number of nitro groups is 1. The molecule has 3 aromatic rings. The van der Waals surface area contributed by atoms with Crippen molar-refractivity contribution in [3.05, 3.63) is 68.8 Å². The van der Waals surface area contributed by atoms with Gasteiger partial charge >= 0.3 is 0 Å². The summed E-state index contributed by atoms with van der Waals surface area (Å²) in [6, 6.07) is 9.63. The lowest BCUT2D eigenvalue weighted by Gasteiger charge is -2.05. The van der Waals surface area contributed by atoms with Crippen LogP contribution in [0.25, 0.3) is 11.3 Å². The van der Waals surface area contributed by atoms with Crippen LogP contribution in [0.3, 0.4) is 0 Å². The number of thiazole rings is 1. The van der Waals surface area contributed by atoms with Gasteiger partial charge in [-0.3, -0.25) is 20.2 Å². The molecule has 0 aliphatic heterocycles. The van der Waals surface area contributed by atoms with E-state index in [9.17, 15) is 19.3 Å². The van der Waals surface area contributed by atoms with Crippen LogP contribution in [0.5, 0.6) is 5.75 Å². The topological polar surface area (TPSA) is 94.4 Å². The number of ether oxygens (including phenoxy) is 1. The van der Waals surface area contributed by atoms with Gasteiger partial charge in [-0.2, -0.15) is 0 Å². The van der Waals surface area contributed by atoms with Gasteiger partial charge in [0.25, 0.3) is 11.6 Å². The Bertz CT molecular complexity index is 994. The van der Waals surface area contributed by atoms with Crippen molar-refractivity contribution in [1.82, 2.24) is 4.98 Å². The Labute approximate surface area is 161 Å². The number of non-ortho nitro benzene ring substituents is 1. The Kier molecular flexibility index (Phi) is 5.63. The first-order chi connectivity index (χ1) is 12.9. The van der Waals surface area contributed by atoms with Crippen molar-refractivity contribution in [2.45, 2.75) is 0 Å². The van der Waals surface area contributed by atoms with Crippen molar-refractivity contribution >= 4 is 39.7 Å². The molecule has 0 aliphatic rings. The molecule has 10 heteroatoms. The highest BCUT2D eigenvalue weighted by molar-refractivity contribution is 7.14. The Morgan fingerprint density at radius 3 is 2.70 bits per heavy atom. The second-order valence-corrected chi connectivity index (χ2v) is 6.52. The summed E-state index contributed by atoms with van der Waals surface area (Å²) in [7, 11) is 0. The molecule has 1 aromatic heterocycles. The van der Waals surface area contributed by atoms with Crippen molar-refractivity contribution < 1.29 is 18.8 Å². The highest BCUT2D eigenvalue weighted by atomic mass is 35.5. The van der Waals surface area contributed by atoms with Crippen LogP contribution in [0.1, 0.15) is 0 Å². The maximum absolute atomic E-state index is 13.2. The lowest BCUT2D eigenvalue weighted by atomic mass is 10.2. The summed E-state index contributed by atoms with van der Waals surface area (Å²) in [6.07, 6.45) is 0. The summed E-state index contributed by atoms with van der Waals surface area (Å²) in [4.78, 5) is 26.3. The molecular formula is C17H11ClFN3O4S. The lowest BCUT2D eigenvalue weighted by Crippen LogP contribution is -2.20. The minimum Gasteiger partial charge on any atom is -0.484 e. The fraction of sp³-hybridized carbons (Fsp3) is 0.0588. The van der Waals surface area contributed by atoms with Crippen molar-refractivity contribution in [1.29, 1.82) is 0 Å². The number of nitrogens with zero attached hydrogens (tertiary/aromatic N) is 2. The van der Waals surface area contributed by atoms with Gasteiger partial charge in [-0.1, -0.05) is 11.6 Å². The van der Waals surface area contributed by atoms with Crippen LogP contribution in [0, 0.1) is 15.9 Å². The zero-order valence-electron chi connectivity index (χ0n) is 13.5. The Morgan fingerprint density at radius 2 is 2.04 bits per heavy atom. The standard InChI is InChI=1S/C17H11ClFN3O4S/c18-13-7-10(1-6-14(13)19)15-9-27-17(20-15)21-16(23)8-26-12-4-2-11(3-5-12)22(24)25/h1-7,9H,8H2,(H,20,21,23). The number of nitro benzene ring substituents is 1. The van der Waals surface area contributed by atoms with E-state index in [0.29, 0.717) is 22.1 Å². The Morgan fingerprint density at radius 1 is 1.30 bits per heavy atom.